The lowest BCUT2D eigenvalue weighted by molar-refractivity contribution is -0.172. The topological polar surface area (TPSA) is 209 Å². The molecule has 3 aromatic carbocycles. The smallest absolute Gasteiger partial charge is 0.343 e. The van der Waals surface area contributed by atoms with Gasteiger partial charge in [0.2, 0.25) is 0 Å². The molecule has 12 rings (SSSR count). The monoisotopic (exact) mass is 1090 g/mol. The number of nitriles is 1. The zero-order chi connectivity index (χ0) is 56.1. The lowest BCUT2D eigenvalue weighted by Gasteiger charge is -2.42. The average molecular weight is 1090 g/mol. The molecular weight excluding hydrogens is 1030 g/mol. The molecule has 9 heterocycles. The molecule has 0 unspecified atom stereocenters. The Morgan fingerprint density at radius 3 is 2.64 bits per heavy atom. The van der Waals surface area contributed by atoms with E-state index in [1.165, 1.54) is 30.5 Å². The number of pyridine rings is 3. The number of aromatic hydroxyl groups is 1. The fourth-order valence-corrected chi connectivity index (χ4v) is 12.8. The number of aryl methyl sites for hydroxylation is 1. The molecule has 0 radical (unpaired) electrons. The van der Waals surface area contributed by atoms with Crippen LogP contribution in [0.4, 0.5) is 19.0 Å². The highest BCUT2D eigenvalue weighted by atomic mass is 19.1. The minimum atomic E-state index is -1.96. The Bertz CT molecular complexity index is 3990. The van der Waals surface area contributed by atoms with Crippen LogP contribution in [0.2, 0.25) is 0 Å². The predicted molar refractivity (Wildman–Crippen MR) is 289 cm³/mol. The highest BCUT2D eigenvalue weighted by molar-refractivity contribution is 6.03. The first-order valence-corrected chi connectivity index (χ1v) is 26.7. The first-order chi connectivity index (χ1) is 38.5. The lowest BCUT2D eigenvalue weighted by atomic mass is 9.86. The Morgan fingerprint density at radius 1 is 1.04 bits per heavy atom. The van der Waals surface area contributed by atoms with E-state index in [2.05, 4.69) is 33.4 Å². The molecule has 7 aromatic rings. The van der Waals surface area contributed by atoms with Gasteiger partial charge in [0.15, 0.2) is 11.4 Å². The highest BCUT2D eigenvalue weighted by Gasteiger charge is 2.50. The number of ether oxygens (including phenoxy) is 3. The van der Waals surface area contributed by atoms with Gasteiger partial charge in [-0.05, 0) is 92.6 Å². The molecule has 0 bridgehead atoms. The van der Waals surface area contributed by atoms with Crippen molar-refractivity contribution in [1.82, 2.24) is 34.3 Å². The van der Waals surface area contributed by atoms with Gasteiger partial charge >= 0.3 is 12.0 Å². The second-order valence-electron chi connectivity index (χ2n) is 21.3. The van der Waals surface area contributed by atoms with Gasteiger partial charge in [-0.2, -0.15) is 15.2 Å². The van der Waals surface area contributed by atoms with Crippen molar-refractivity contribution in [3.63, 3.8) is 0 Å². The summed E-state index contributed by atoms with van der Waals surface area (Å²) < 4.78 is 67.1. The number of aliphatic hydroxyl groups is 1. The van der Waals surface area contributed by atoms with Gasteiger partial charge in [0.1, 0.15) is 59.8 Å². The first-order valence-electron chi connectivity index (χ1n) is 26.7. The van der Waals surface area contributed by atoms with Crippen LogP contribution in [0.15, 0.2) is 71.7 Å². The molecule has 80 heavy (non-hydrogen) atoms. The van der Waals surface area contributed by atoms with Crippen molar-refractivity contribution in [2.24, 2.45) is 0 Å². The van der Waals surface area contributed by atoms with Crippen molar-refractivity contribution >= 4 is 50.3 Å². The number of aromatic nitrogens is 5. The number of phenolic OH excluding ortho intramolecular Hbond substituents is 1. The second-order valence-corrected chi connectivity index (χ2v) is 21.3. The van der Waals surface area contributed by atoms with Crippen LogP contribution in [0.5, 0.6) is 17.5 Å². The van der Waals surface area contributed by atoms with Crippen molar-refractivity contribution < 1.29 is 47.2 Å². The Balaban J connectivity index is 0.825. The van der Waals surface area contributed by atoms with Crippen molar-refractivity contribution in [3.05, 3.63) is 117 Å². The molecule has 20 heteroatoms. The molecule has 2 N–H and O–H groups in total. The van der Waals surface area contributed by atoms with Crippen LogP contribution in [-0.4, -0.2) is 120 Å². The molecule has 0 aliphatic carbocycles. The molecule has 0 spiro atoms. The van der Waals surface area contributed by atoms with E-state index in [9.17, 15) is 34.2 Å². The third kappa shape index (κ3) is 8.25. The quantitative estimate of drug-likeness (QED) is 0.0683. The third-order valence-electron chi connectivity index (χ3n) is 16.9. The van der Waals surface area contributed by atoms with Crippen LogP contribution in [0, 0.1) is 35.3 Å². The number of nitrogens with zero attached hydrogens (tertiary/aromatic N) is 9. The largest absolute Gasteiger partial charge is 0.508 e. The maximum atomic E-state index is 17.4. The van der Waals surface area contributed by atoms with Crippen LogP contribution < -0.4 is 19.9 Å². The van der Waals surface area contributed by atoms with E-state index in [0.29, 0.717) is 47.4 Å². The Morgan fingerprint density at radius 2 is 1.86 bits per heavy atom. The van der Waals surface area contributed by atoms with Gasteiger partial charge in [0.25, 0.3) is 11.5 Å². The SMILES string of the molecule is C#Cc1c(F)ccc2cc(O)cc(-c3ncc4c(N5CCN(C(=O)C(=C)[C@@H](C)Oc6ccc7nc8c(c(CC)c7c6)Cn6c-8cc7c(c6=O)COC(=O)[C@]7(O)CC)[C@@H](CC#N)C5)nc(OC[C@@]56CCCN5C[C@H](F)C6)nc4c3F)c12. The lowest BCUT2D eigenvalue weighted by Crippen LogP contribution is -2.56. The molecule has 5 aliphatic heterocycles. The zero-order valence-electron chi connectivity index (χ0n) is 44.1. The fraction of sp³-hybridized carbons (Fsp3) is 0.367. The molecule has 5 aliphatic rings. The van der Waals surface area contributed by atoms with Crippen LogP contribution >= 0.6 is 0 Å². The number of carbonyl (C=O) groups is 2. The summed E-state index contributed by atoms with van der Waals surface area (Å²) in [5.41, 5.74) is 0.485. The third-order valence-corrected chi connectivity index (χ3v) is 16.9. The van der Waals surface area contributed by atoms with Gasteiger partial charge < -0.3 is 38.8 Å². The Kier molecular flexibility index (Phi) is 12.8. The van der Waals surface area contributed by atoms with E-state index < -0.39 is 53.0 Å². The van der Waals surface area contributed by atoms with Crippen LogP contribution in [0.1, 0.15) is 80.7 Å². The van der Waals surface area contributed by atoms with Crippen molar-refractivity contribution in [2.75, 3.05) is 44.2 Å². The summed E-state index contributed by atoms with van der Waals surface area (Å²) in [6.07, 6.45) is 7.54. The molecule has 3 fully saturated rings. The highest BCUT2D eigenvalue weighted by Crippen LogP contribution is 2.44. The molecule has 4 aromatic heterocycles. The van der Waals surface area contributed by atoms with Gasteiger partial charge in [-0.1, -0.05) is 32.4 Å². The maximum Gasteiger partial charge on any atom is 0.343 e. The number of piperazine rings is 1. The number of fused-ring (bicyclic) bond motifs is 8. The number of rotatable bonds is 12. The molecule has 5 atom stereocenters. The minimum Gasteiger partial charge on any atom is -0.508 e. The predicted octanol–water partition coefficient (Wildman–Crippen LogP) is 7.68. The van der Waals surface area contributed by atoms with Crippen molar-refractivity contribution in [3.8, 4) is 58.6 Å². The number of hydrogen-bond donors (Lipinski definition) is 2. The summed E-state index contributed by atoms with van der Waals surface area (Å²) in [6, 6.07) is 13.6. The van der Waals surface area contributed by atoms with Crippen molar-refractivity contribution in [1.29, 1.82) is 5.26 Å². The number of amides is 1. The number of halogens is 3. The summed E-state index contributed by atoms with van der Waals surface area (Å²) in [5.74, 6) is -0.161. The first kappa shape index (κ1) is 52.1. The standard InChI is InChI=1S/C60H54F3N9O8/c1-6-38-40-22-37(11-13-47(40)66-51-43(38)28-72-48(51)23-45-44(56(72)75)29-78-57(76)60(45,77)8-3)80-32(5)31(4)55(74)71-19-18-69(27-35(71)14-16-64)54-42-25-65-52(41-21-36(73)20-33-10-12-46(62)39(7-2)49(33)41)50(63)53(42)67-58(68-54)79-30-59-15-9-17-70(59)26-34(61)24-59/h2,10-13,20-23,25,32,34-35,73,77H,4,6,8-9,14-15,17-19,24,26-30H2,1,3,5H3/t32-,34-,35+,59+,60+/m1/s1. The fourth-order valence-electron chi connectivity index (χ4n) is 12.8. The number of carbonyl (C=O) groups excluding carboxylic acids is 2. The van der Waals surface area contributed by atoms with Crippen LogP contribution in [0.3, 0.4) is 0 Å². The molecular formula is C60H54F3N9O8. The van der Waals surface area contributed by atoms with E-state index >= 15 is 8.78 Å². The molecule has 17 nitrogen and oxygen atoms in total. The molecule has 408 valence electrons. The number of terminal acetylenes is 1. The van der Waals surface area contributed by atoms with Gasteiger partial charge in [0, 0.05) is 71.8 Å². The van der Waals surface area contributed by atoms with Crippen LogP contribution in [0.25, 0.3) is 55.2 Å². The average Bonchev–Trinajstić information content (AvgIpc) is 4.29. The normalized spacial score (nSPS) is 21.6. The molecule has 3 saturated heterocycles. The number of cyclic esters (lactones) is 1. The number of alkyl halides is 1. The van der Waals surface area contributed by atoms with E-state index in [1.54, 1.807) is 41.5 Å². The number of esters is 1. The van der Waals surface area contributed by atoms with E-state index in [-0.39, 0.29) is 138 Å². The summed E-state index contributed by atoms with van der Waals surface area (Å²) in [7, 11) is 0. The van der Waals surface area contributed by atoms with Gasteiger partial charge in [-0.25, -0.2) is 22.9 Å². The second kappa shape index (κ2) is 19.6. The van der Waals surface area contributed by atoms with Gasteiger partial charge in [0.05, 0.1) is 64.0 Å². The van der Waals surface area contributed by atoms with Gasteiger partial charge in [-0.15, -0.1) is 6.42 Å². The maximum absolute atomic E-state index is 17.4. The number of benzene rings is 3. The van der Waals surface area contributed by atoms with E-state index in [1.807, 2.05) is 17.9 Å². The zero-order valence-corrected chi connectivity index (χ0v) is 44.1. The summed E-state index contributed by atoms with van der Waals surface area (Å²) in [6.45, 7) is 10.8. The molecule has 1 amide bonds. The Labute approximate surface area is 456 Å². The van der Waals surface area contributed by atoms with Gasteiger partial charge in [-0.3, -0.25) is 19.5 Å². The van der Waals surface area contributed by atoms with Crippen molar-refractivity contribution in [2.45, 2.75) is 102 Å². The summed E-state index contributed by atoms with van der Waals surface area (Å²) in [5, 5.41) is 33.8. The Hall–Kier alpha value is -8.59. The minimum absolute atomic E-state index is 0.0222. The number of phenols is 1. The van der Waals surface area contributed by atoms with E-state index in [0.717, 1.165) is 22.9 Å². The van der Waals surface area contributed by atoms with Crippen LogP contribution in [-0.2, 0) is 39.5 Å². The van der Waals surface area contributed by atoms with E-state index in [4.69, 9.17) is 30.6 Å². The molecule has 0 saturated carbocycles. The summed E-state index contributed by atoms with van der Waals surface area (Å²) >= 11 is 0. The summed E-state index contributed by atoms with van der Waals surface area (Å²) in [4.78, 5) is 65.5. The number of hydrogen-bond acceptors (Lipinski definition) is 15. The number of anilines is 1.